The van der Waals surface area contributed by atoms with Crippen LogP contribution in [0.1, 0.15) is 54.7 Å². The Kier molecular flexibility index (Phi) is 17.0. The van der Waals surface area contributed by atoms with Crippen LogP contribution in [0.15, 0.2) is 21.9 Å². The first-order chi connectivity index (χ1) is 22.7. The molecule has 0 bridgehead atoms. The molecule has 2 rings (SSSR count). The van der Waals surface area contributed by atoms with Crippen molar-refractivity contribution < 1.29 is 75.5 Å². The Hall–Kier alpha value is -3.14. The van der Waals surface area contributed by atoms with Crippen molar-refractivity contribution in [1.82, 2.24) is 9.13 Å². The van der Waals surface area contributed by atoms with Crippen LogP contribution in [0.5, 0.6) is 0 Å². The summed E-state index contributed by atoms with van der Waals surface area (Å²) in [6.45, 7) is 4.33. The van der Waals surface area contributed by atoms with Crippen molar-refractivity contribution in [3.63, 3.8) is 0 Å². The average molecular weight is 768 g/mol. The highest BCUT2D eigenvalue weighted by atomic mass is 35.5. The van der Waals surface area contributed by atoms with Gasteiger partial charge in [0.1, 0.15) is 24.4 Å². The number of phosphoric acid groups is 1. The average Bonchev–Trinajstić information content (AvgIpc) is 3.19. The second-order valence-corrected chi connectivity index (χ2v) is 13.4. The van der Waals surface area contributed by atoms with Gasteiger partial charge in [0.05, 0.1) is 18.8 Å². The molecule has 0 unspecified atom stereocenters. The predicted octanol–water partition coefficient (Wildman–Crippen LogP) is 1.46. The Morgan fingerprint density at radius 2 is 1.52 bits per heavy atom. The highest BCUT2D eigenvalue weighted by Crippen LogP contribution is 2.52. The summed E-state index contributed by atoms with van der Waals surface area (Å²) in [5.41, 5.74) is -1.50. The number of esters is 1. The number of alkyl halides is 1. The molecule has 0 saturated carbocycles. The number of hydrogen-bond acceptors (Lipinski definition) is 18. The van der Waals surface area contributed by atoms with E-state index in [1.807, 2.05) is 0 Å². The van der Waals surface area contributed by atoms with Crippen LogP contribution in [0, 0.1) is 5.92 Å². The summed E-state index contributed by atoms with van der Waals surface area (Å²) < 4.78 is 73.6. The fraction of sp³-hybridized carbons (Fsp3) is 0.741. The minimum Gasteiger partial charge on any atom is -0.442 e. The molecule has 20 nitrogen and oxygen atoms in total. The molecule has 288 valence electrons. The van der Waals surface area contributed by atoms with Crippen molar-refractivity contribution in [2.24, 2.45) is 11.7 Å². The molecule has 50 heavy (non-hydrogen) atoms. The standard InChI is InChI=1S/C27H43FN3O17P.ClH/c1-15(2)19(29)20(33)40-12-31-18(32)8-9-30(23(31)35)22-26(7,38)21(34)27(10-28,48-22)11-43-49(39,44-13-41-24(36)46-16(3)4)45-14-42-25(37)47-17(5)6;/h8-9,15-17,19,21-22,34,38H,10-14,29H2,1-7H3;1H/t19-,21-,22+,26+,27+;/m0./s1. The SMILES string of the molecule is CC(C)OC(=O)OCOP(=O)(OCOC(=O)OC(C)C)OC[C@@]1(CF)O[C@@H](n2ccc(=O)n(COC(=O)[C@@H](N)C(C)C)c2=O)[C@](C)(O)[C@@H]1O.Cl. The second kappa shape index (κ2) is 18.9. The molecule has 0 radical (unpaired) electrons. The molecule has 4 N–H and O–H groups in total. The van der Waals surface area contributed by atoms with Crippen LogP contribution in [-0.2, 0) is 58.1 Å². The van der Waals surface area contributed by atoms with Gasteiger partial charge in [-0.05, 0) is 40.5 Å². The Balaban J connectivity index is 0.0000125. The zero-order valence-electron chi connectivity index (χ0n) is 28.4. The lowest BCUT2D eigenvalue weighted by Gasteiger charge is -2.31. The summed E-state index contributed by atoms with van der Waals surface area (Å²) in [4.78, 5) is 61.4. The van der Waals surface area contributed by atoms with Crippen LogP contribution in [0.3, 0.4) is 0 Å². The lowest BCUT2D eigenvalue weighted by Crippen LogP contribution is -2.53. The molecule has 0 amide bonds. The molecule has 5 atom stereocenters. The van der Waals surface area contributed by atoms with Crippen LogP contribution in [-0.4, -0.2) is 100 Å². The van der Waals surface area contributed by atoms with E-state index in [-0.39, 0.29) is 18.3 Å². The first-order valence-electron chi connectivity index (χ1n) is 14.8. The first kappa shape index (κ1) is 44.9. The second-order valence-electron chi connectivity index (χ2n) is 11.8. The summed E-state index contributed by atoms with van der Waals surface area (Å²) in [5, 5.41) is 22.3. The van der Waals surface area contributed by atoms with E-state index in [9.17, 15) is 43.1 Å². The maximum Gasteiger partial charge on any atom is 0.510 e. The van der Waals surface area contributed by atoms with Crippen molar-refractivity contribution in [3.05, 3.63) is 33.1 Å². The van der Waals surface area contributed by atoms with Gasteiger partial charge in [-0.25, -0.2) is 37.0 Å². The highest BCUT2D eigenvalue weighted by molar-refractivity contribution is 7.48. The Bertz CT molecular complexity index is 1440. The van der Waals surface area contributed by atoms with Gasteiger partial charge >= 0.3 is 31.8 Å². The molecule has 1 aromatic rings. The molecular weight excluding hydrogens is 724 g/mol. The number of ether oxygens (including phenoxy) is 6. The van der Waals surface area contributed by atoms with E-state index in [0.717, 1.165) is 19.2 Å². The molecule has 1 aliphatic heterocycles. The number of carbonyl (C=O) groups excluding carboxylic acids is 3. The molecule has 0 spiro atoms. The number of nitrogens with zero attached hydrogens (tertiary/aromatic N) is 2. The summed E-state index contributed by atoms with van der Waals surface area (Å²) in [5.74, 6) is -1.24. The fourth-order valence-electron chi connectivity index (χ4n) is 4.02. The molecule has 1 fully saturated rings. The van der Waals surface area contributed by atoms with Crippen molar-refractivity contribution in [2.75, 3.05) is 26.9 Å². The van der Waals surface area contributed by atoms with Crippen molar-refractivity contribution in [1.29, 1.82) is 0 Å². The van der Waals surface area contributed by atoms with E-state index in [1.54, 1.807) is 13.8 Å². The van der Waals surface area contributed by atoms with Gasteiger partial charge < -0.3 is 44.4 Å². The van der Waals surface area contributed by atoms with Gasteiger partial charge in [-0.3, -0.25) is 18.7 Å². The van der Waals surface area contributed by atoms with Gasteiger partial charge in [0.25, 0.3) is 5.56 Å². The maximum absolute atomic E-state index is 14.7. The Morgan fingerprint density at radius 1 is 1.00 bits per heavy atom. The lowest BCUT2D eigenvalue weighted by atomic mass is 9.88. The molecule has 1 aliphatic rings. The molecule has 1 aromatic heterocycles. The van der Waals surface area contributed by atoms with Gasteiger partial charge in [-0.15, -0.1) is 12.4 Å². The lowest BCUT2D eigenvalue weighted by molar-refractivity contribution is -0.151. The van der Waals surface area contributed by atoms with E-state index < -0.39 is 113 Å². The zero-order chi connectivity index (χ0) is 37.3. The fourth-order valence-corrected chi connectivity index (χ4v) is 4.99. The Labute approximate surface area is 291 Å². The summed E-state index contributed by atoms with van der Waals surface area (Å²) in [7, 11) is -5.00. The molecule has 2 heterocycles. The highest BCUT2D eigenvalue weighted by Gasteiger charge is 2.63. The molecule has 0 aromatic carbocycles. The number of nitrogens with two attached hydrogens (primary N) is 1. The molecule has 1 saturated heterocycles. The van der Waals surface area contributed by atoms with Crippen molar-refractivity contribution in [2.45, 2.75) is 97.0 Å². The quantitative estimate of drug-likeness (QED) is 0.0877. The molecular formula is C27H44ClFN3O17P. The van der Waals surface area contributed by atoms with E-state index >= 15 is 0 Å². The van der Waals surface area contributed by atoms with Crippen LogP contribution in [0.25, 0.3) is 0 Å². The van der Waals surface area contributed by atoms with E-state index in [2.05, 4.69) is 9.47 Å². The third-order valence-corrected chi connectivity index (χ3v) is 7.99. The topological polar surface area (TPSA) is 262 Å². The number of rotatable bonds is 17. The first-order valence-corrected chi connectivity index (χ1v) is 16.2. The summed E-state index contributed by atoms with van der Waals surface area (Å²) in [6, 6.07) is -0.217. The summed E-state index contributed by atoms with van der Waals surface area (Å²) >= 11 is 0. The van der Waals surface area contributed by atoms with Gasteiger partial charge in [0.15, 0.2) is 18.6 Å². The summed E-state index contributed by atoms with van der Waals surface area (Å²) in [6.07, 6.45) is -6.95. The Morgan fingerprint density at radius 3 is 1.98 bits per heavy atom. The van der Waals surface area contributed by atoms with Crippen LogP contribution in [0.4, 0.5) is 14.0 Å². The van der Waals surface area contributed by atoms with Gasteiger partial charge in [0, 0.05) is 12.3 Å². The van der Waals surface area contributed by atoms with Gasteiger partial charge in [-0.2, -0.15) is 0 Å². The minimum absolute atomic E-state index is 0. The number of hydrogen-bond donors (Lipinski definition) is 3. The van der Waals surface area contributed by atoms with E-state index in [1.165, 1.54) is 27.7 Å². The van der Waals surface area contributed by atoms with Crippen LogP contribution < -0.4 is 17.0 Å². The monoisotopic (exact) mass is 767 g/mol. The van der Waals surface area contributed by atoms with Gasteiger partial charge in [-0.1, -0.05) is 13.8 Å². The third-order valence-electron chi connectivity index (χ3n) is 6.70. The van der Waals surface area contributed by atoms with Crippen molar-refractivity contribution in [3.8, 4) is 0 Å². The third kappa shape index (κ3) is 11.7. The van der Waals surface area contributed by atoms with Crippen LogP contribution in [0.2, 0.25) is 0 Å². The number of halogens is 2. The van der Waals surface area contributed by atoms with E-state index in [4.69, 9.17) is 38.3 Å². The molecule has 23 heteroatoms. The number of aliphatic hydroxyl groups is 2. The smallest absolute Gasteiger partial charge is 0.442 e. The zero-order valence-corrected chi connectivity index (χ0v) is 30.1. The predicted molar refractivity (Wildman–Crippen MR) is 167 cm³/mol. The van der Waals surface area contributed by atoms with Gasteiger partial charge in [0.2, 0.25) is 13.6 Å². The van der Waals surface area contributed by atoms with E-state index in [0.29, 0.717) is 9.13 Å². The minimum atomic E-state index is -5.00. The van der Waals surface area contributed by atoms with Crippen LogP contribution >= 0.6 is 20.2 Å². The molecule has 0 aliphatic carbocycles. The largest absolute Gasteiger partial charge is 0.510 e. The van der Waals surface area contributed by atoms with Crippen molar-refractivity contribution >= 4 is 38.5 Å². The number of aromatic nitrogens is 2. The number of aliphatic hydroxyl groups excluding tert-OH is 1. The maximum atomic E-state index is 14.7. The normalized spacial score (nSPS) is 22.6. The number of carbonyl (C=O) groups is 3. The number of phosphoric ester groups is 1.